The minimum Gasteiger partial charge on any atom is -0.507 e. The number of aromatic hydroxyl groups is 1. The topological polar surface area (TPSA) is 105 Å². The van der Waals surface area contributed by atoms with Crippen LogP contribution in [0.5, 0.6) is 5.75 Å². The number of hydrogen-bond donors (Lipinski definition) is 3. The largest absolute Gasteiger partial charge is 0.507 e. The molecule has 0 bridgehead atoms. The number of phenols is 1. The summed E-state index contributed by atoms with van der Waals surface area (Å²) in [4.78, 5) is 4.12. The van der Waals surface area contributed by atoms with E-state index < -0.39 is 6.04 Å². The van der Waals surface area contributed by atoms with Gasteiger partial charge in [-0.25, -0.2) is 0 Å². The van der Waals surface area contributed by atoms with Gasteiger partial charge in [-0.15, -0.1) is 0 Å². The lowest BCUT2D eigenvalue weighted by atomic mass is 10.1. The molecule has 0 unspecified atom stereocenters. The van der Waals surface area contributed by atoms with Gasteiger partial charge in [0.05, 0.1) is 6.61 Å². The number of aliphatic hydroxyl groups is 1. The predicted octanol–water partition coefficient (Wildman–Crippen LogP) is 1.05. The van der Waals surface area contributed by atoms with E-state index in [9.17, 15) is 5.11 Å². The summed E-state index contributed by atoms with van der Waals surface area (Å²) < 4.78 is 4.97. The highest BCUT2D eigenvalue weighted by Gasteiger charge is 2.15. The summed E-state index contributed by atoms with van der Waals surface area (Å²) in [5.74, 6) is 0.838. The van der Waals surface area contributed by atoms with Gasteiger partial charge in [-0.05, 0) is 37.1 Å². The summed E-state index contributed by atoms with van der Waals surface area (Å²) in [6.45, 7) is 3.34. The summed E-state index contributed by atoms with van der Waals surface area (Å²) >= 11 is 0. The molecule has 2 aromatic rings. The molecule has 1 aromatic carbocycles. The molecule has 6 nitrogen and oxygen atoms in total. The van der Waals surface area contributed by atoms with Crippen LogP contribution in [0, 0.1) is 13.8 Å². The van der Waals surface area contributed by atoms with E-state index in [1.165, 1.54) is 0 Å². The standard InChI is InChI=1S/C12H15N3O3/c1-6-3-8(4-7(2)10(6)17)11-14-12(18-15-11)9(13)5-16/h3-4,9,16-17H,5,13H2,1-2H3/t9-/m1/s1. The SMILES string of the molecule is Cc1cc(-c2noc([C@H](N)CO)n2)cc(C)c1O. The zero-order chi connectivity index (χ0) is 13.3. The fourth-order valence-corrected chi connectivity index (χ4v) is 1.67. The molecule has 0 saturated heterocycles. The Hall–Kier alpha value is -1.92. The third kappa shape index (κ3) is 2.20. The number of aliphatic hydroxyl groups excluding tert-OH is 1. The lowest BCUT2D eigenvalue weighted by Gasteiger charge is -2.04. The summed E-state index contributed by atoms with van der Waals surface area (Å²) in [5, 5.41) is 22.4. The lowest BCUT2D eigenvalue weighted by molar-refractivity contribution is 0.237. The number of phenolic OH excluding ortho intramolecular Hbond substituents is 1. The molecule has 1 heterocycles. The first kappa shape index (κ1) is 12.5. The molecule has 0 aliphatic heterocycles. The highest BCUT2D eigenvalue weighted by Crippen LogP contribution is 2.27. The van der Waals surface area contributed by atoms with Crippen molar-refractivity contribution in [2.75, 3.05) is 6.61 Å². The van der Waals surface area contributed by atoms with Crippen LogP contribution in [0.2, 0.25) is 0 Å². The van der Waals surface area contributed by atoms with E-state index in [4.69, 9.17) is 15.4 Å². The van der Waals surface area contributed by atoms with E-state index in [1.807, 2.05) is 0 Å². The van der Waals surface area contributed by atoms with Crippen LogP contribution in [-0.2, 0) is 0 Å². The van der Waals surface area contributed by atoms with Crippen LogP contribution in [-0.4, -0.2) is 27.0 Å². The molecule has 1 atom stereocenters. The van der Waals surface area contributed by atoms with Gasteiger partial charge in [0.25, 0.3) is 0 Å². The molecule has 0 fully saturated rings. The van der Waals surface area contributed by atoms with Gasteiger partial charge in [-0.1, -0.05) is 5.16 Å². The van der Waals surface area contributed by atoms with Crippen LogP contribution in [0.3, 0.4) is 0 Å². The van der Waals surface area contributed by atoms with Crippen molar-refractivity contribution in [3.05, 3.63) is 29.2 Å². The Morgan fingerprint density at radius 1 is 1.33 bits per heavy atom. The molecular formula is C12H15N3O3. The zero-order valence-corrected chi connectivity index (χ0v) is 10.2. The maximum absolute atomic E-state index is 9.69. The zero-order valence-electron chi connectivity index (χ0n) is 10.2. The number of aromatic nitrogens is 2. The van der Waals surface area contributed by atoms with Crippen LogP contribution in [0.1, 0.15) is 23.1 Å². The molecular weight excluding hydrogens is 234 g/mol. The number of rotatable bonds is 3. The minimum absolute atomic E-state index is 0.191. The van der Waals surface area contributed by atoms with Gasteiger partial charge in [-0.3, -0.25) is 0 Å². The molecule has 0 radical (unpaired) electrons. The second-order valence-electron chi connectivity index (χ2n) is 4.20. The predicted molar refractivity (Wildman–Crippen MR) is 64.9 cm³/mol. The Labute approximate surface area is 104 Å². The highest BCUT2D eigenvalue weighted by molar-refractivity contribution is 5.60. The van der Waals surface area contributed by atoms with Crippen molar-refractivity contribution in [2.45, 2.75) is 19.9 Å². The van der Waals surface area contributed by atoms with E-state index in [0.717, 1.165) is 16.7 Å². The first-order valence-electron chi connectivity index (χ1n) is 5.53. The van der Waals surface area contributed by atoms with Crippen LogP contribution in [0.4, 0.5) is 0 Å². The molecule has 0 amide bonds. The molecule has 2 rings (SSSR count). The molecule has 96 valence electrons. The number of benzene rings is 1. The van der Waals surface area contributed by atoms with E-state index in [0.29, 0.717) is 5.82 Å². The molecule has 18 heavy (non-hydrogen) atoms. The molecule has 4 N–H and O–H groups in total. The molecule has 0 saturated carbocycles. The Morgan fingerprint density at radius 3 is 2.50 bits per heavy atom. The van der Waals surface area contributed by atoms with Crippen LogP contribution >= 0.6 is 0 Å². The summed E-state index contributed by atoms with van der Waals surface area (Å²) in [6, 6.07) is 2.86. The Bertz CT molecular complexity index is 542. The van der Waals surface area contributed by atoms with Crippen LogP contribution in [0.25, 0.3) is 11.4 Å². The first-order valence-corrected chi connectivity index (χ1v) is 5.53. The van der Waals surface area contributed by atoms with Gasteiger partial charge < -0.3 is 20.5 Å². The van der Waals surface area contributed by atoms with Gasteiger partial charge >= 0.3 is 0 Å². The first-order chi connectivity index (χ1) is 8.52. The van der Waals surface area contributed by atoms with Crippen LogP contribution in [0.15, 0.2) is 16.7 Å². The maximum atomic E-state index is 9.69. The highest BCUT2D eigenvalue weighted by atomic mass is 16.5. The molecule has 0 spiro atoms. The second kappa shape index (κ2) is 4.75. The summed E-state index contributed by atoms with van der Waals surface area (Å²) in [7, 11) is 0. The average molecular weight is 249 g/mol. The Balaban J connectivity index is 2.40. The van der Waals surface area contributed by atoms with Crippen molar-refractivity contribution in [1.29, 1.82) is 0 Å². The quantitative estimate of drug-likeness (QED) is 0.750. The minimum atomic E-state index is -0.675. The normalized spacial score (nSPS) is 12.7. The van der Waals surface area contributed by atoms with Gasteiger partial charge in [0, 0.05) is 5.56 Å². The van der Waals surface area contributed by atoms with Gasteiger partial charge in [0.2, 0.25) is 11.7 Å². The van der Waals surface area contributed by atoms with Gasteiger partial charge in [0.1, 0.15) is 11.8 Å². The molecule has 0 aliphatic rings. The number of nitrogens with zero attached hydrogens (tertiary/aromatic N) is 2. The van der Waals surface area contributed by atoms with Crippen molar-refractivity contribution in [3.8, 4) is 17.1 Å². The fourth-order valence-electron chi connectivity index (χ4n) is 1.67. The molecule has 6 heteroatoms. The van der Waals surface area contributed by atoms with Crippen molar-refractivity contribution < 1.29 is 14.7 Å². The Morgan fingerprint density at radius 2 is 1.94 bits per heavy atom. The van der Waals surface area contributed by atoms with Crippen LogP contribution < -0.4 is 5.73 Å². The van der Waals surface area contributed by atoms with E-state index in [2.05, 4.69) is 10.1 Å². The Kier molecular flexibility index (Phi) is 3.31. The van der Waals surface area contributed by atoms with Crippen molar-refractivity contribution >= 4 is 0 Å². The third-order valence-electron chi connectivity index (χ3n) is 2.70. The lowest BCUT2D eigenvalue weighted by Crippen LogP contribution is -2.14. The van der Waals surface area contributed by atoms with E-state index in [1.54, 1.807) is 26.0 Å². The summed E-state index contributed by atoms with van der Waals surface area (Å²) in [5.41, 5.74) is 7.80. The average Bonchev–Trinajstić information content (AvgIpc) is 2.84. The van der Waals surface area contributed by atoms with E-state index in [-0.39, 0.29) is 18.2 Å². The number of aryl methyl sites for hydroxylation is 2. The van der Waals surface area contributed by atoms with Gasteiger partial charge in [-0.2, -0.15) is 4.98 Å². The number of hydrogen-bond acceptors (Lipinski definition) is 6. The van der Waals surface area contributed by atoms with E-state index >= 15 is 0 Å². The molecule has 1 aromatic heterocycles. The third-order valence-corrected chi connectivity index (χ3v) is 2.70. The van der Waals surface area contributed by atoms with Crippen molar-refractivity contribution in [3.63, 3.8) is 0 Å². The van der Waals surface area contributed by atoms with Gasteiger partial charge in [0.15, 0.2) is 0 Å². The smallest absolute Gasteiger partial charge is 0.246 e. The fraction of sp³-hybridized carbons (Fsp3) is 0.333. The van der Waals surface area contributed by atoms with Crippen molar-refractivity contribution in [2.24, 2.45) is 5.73 Å². The summed E-state index contributed by atoms with van der Waals surface area (Å²) in [6.07, 6.45) is 0. The maximum Gasteiger partial charge on any atom is 0.246 e. The van der Waals surface area contributed by atoms with Crippen molar-refractivity contribution in [1.82, 2.24) is 10.1 Å². The second-order valence-corrected chi connectivity index (χ2v) is 4.20. The molecule has 0 aliphatic carbocycles. The number of nitrogens with two attached hydrogens (primary N) is 1. The monoisotopic (exact) mass is 249 g/mol.